The van der Waals surface area contributed by atoms with Crippen molar-refractivity contribution in [2.24, 2.45) is 0 Å². The van der Waals surface area contributed by atoms with Gasteiger partial charge in [-0.2, -0.15) is 0 Å². The van der Waals surface area contributed by atoms with Crippen molar-refractivity contribution in [2.75, 3.05) is 43.5 Å². The minimum Gasteiger partial charge on any atom is -0.496 e. The molecule has 0 aromatic heterocycles. The molecular weight excluding hydrogens is 526 g/mol. The Hall–Kier alpha value is -4.49. The number of nitrogens with zero attached hydrogens (tertiary/aromatic N) is 2. The Kier molecular flexibility index (Phi) is 8.52. The number of rotatable bonds is 8. The molecule has 0 atom stereocenters. The van der Waals surface area contributed by atoms with Crippen LogP contribution < -0.4 is 19.7 Å². The first-order valence-corrected chi connectivity index (χ1v) is 13.4. The maximum absolute atomic E-state index is 13.1. The van der Waals surface area contributed by atoms with Gasteiger partial charge in [-0.15, -0.1) is 0 Å². The van der Waals surface area contributed by atoms with Gasteiger partial charge in [-0.3, -0.25) is 9.59 Å². The van der Waals surface area contributed by atoms with Crippen LogP contribution >= 0.6 is 11.6 Å². The zero-order valence-corrected chi connectivity index (χ0v) is 22.9. The number of halogens is 1. The molecule has 204 valence electrons. The first kappa shape index (κ1) is 27.1. The second-order valence-corrected chi connectivity index (χ2v) is 9.86. The summed E-state index contributed by atoms with van der Waals surface area (Å²) in [6.07, 6.45) is 0. The van der Waals surface area contributed by atoms with Crippen LogP contribution in [0.25, 0.3) is 0 Å². The molecule has 0 saturated carbocycles. The van der Waals surface area contributed by atoms with Gasteiger partial charge in [-0.1, -0.05) is 48.0 Å². The van der Waals surface area contributed by atoms with Gasteiger partial charge in [0.05, 0.1) is 12.7 Å². The average molecular weight is 556 g/mol. The summed E-state index contributed by atoms with van der Waals surface area (Å²) in [4.78, 5) is 30.0. The topological polar surface area (TPSA) is 71.1 Å². The number of anilines is 2. The van der Waals surface area contributed by atoms with Crippen molar-refractivity contribution in [3.63, 3.8) is 0 Å². The molecule has 0 aliphatic carbocycles. The number of carbonyl (C=O) groups excluding carboxylic acids is 2. The summed E-state index contributed by atoms with van der Waals surface area (Å²) < 4.78 is 11.2. The van der Waals surface area contributed by atoms with Crippen LogP contribution in [0.1, 0.15) is 26.3 Å². The fourth-order valence-corrected chi connectivity index (χ4v) is 4.78. The van der Waals surface area contributed by atoms with E-state index in [1.54, 1.807) is 37.4 Å². The maximum Gasteiger partial charge on any atom is 0.257 e. The van der Waals surface area contributed by atoms with E-state index in [-0.39, 0.29) is 11.8 Å². The molecule has 1 N–H and O–H groups in total. The van der Waals surface area contributed by atoms with E-state index in [1.165, 1.54) is 0 Å². The van der Waals surface area contributed by atoms with E-state index in [0.29, 0.717) is 66.1 Å². The summed E-state index contributed by atoms with van der Waals surface area (Å²) >= 11 is 6.11. The zero-order valence-electron chi connectivity index (χ0n) is 22.2. The number of amides is 2. The van der Waals surface area contributed by atoms with Gasteiger partial charge in [0.2, 0.25) is 0 Å². The summed E-state index contributed by atoms with van der Waals surface area (Å²) in [5, 5.41) is 3.46. The van der Waals surface area contributed by atoms with Crippen molar-refractivity contribution in [1.82, 2.24) is 4.90 Å². The predicted octanol–water partition coefficient (Wildman–Crippen LogP) is 6.14. The molecule has 2 amide bonds. The molecular formula is C32H30ClN3O4. The van der Waals surface area contributed by atoms with Gasteiger partial charge in [-0.05, 0) is 66.2 Å². The van der Waals surface area contributed by atoms with Crippen molar-refractivity contribution in [2.45, 2.75) is 6.61 Å². The number of carbonyl (C=O) groups is 2. The molecule has 5 rings (SSSR count). The summed E-state index contributed by atoms with van der Waals surface area (Å²) in [5.41, 5.74) is 3.78. The predicted molar refractivity (Wildman–Crippen MR) is 158 cm³/mol. The van der Waals surface area contributed by atoms with Crippen LogP contribution in [0.4, 0.5) is 11.4 Å². The van der Waals surface area contributed by atoms with E-state index in [0.717, 1.165) is 11.3 Å². The third-order valence-corrected chi connectivity index (χ3v) is 7.03. The SMILES string of the molecule is COc1ccc(Cl)cc1C(=O)N1CCN(c2ccc(NC(=O)c3cccc(OCc4ccccc4)c3)cc2)CC1. The molecule has 0 unspecified atom stereocenters. The third kappa shape index (κ3) is 6.55. The Morgan fingerprint density at radius 3 is 2.33 bits per heavy atom. The smallest absolute Gasteiger partial charge is 0.257 e. The van der Waals surface area contributed by atoms with Gasteiger partial charge in [0.25, 0.3) is 11.8 Å². The van der Waals surface area contributed by atoms with Crippen LogP contribution in [0.2, 0.25) is 5.02 Å². The molecule has 1 aliphatic heterocycles. The van der Waals surface area contributed by atoms with Crippen molar-refractivity contribution in [1.29, 1.82) is 0 Å². The Morgan fingerprint density at radius 1 is 0.850 bits per heavy atom. The molecule has 40 heavy (non-hydrogen) atoms. The van der Waals surface area contributed by atoms with Crippen molar-refractivity contribution in [3.8, 4) is 11.5 Å². The van der Waals surface area contributed by atoms with Crippen LogP contribution in [0.15, 0.2) is 97.1 Å². The third-order valence-electron chi connectivity index (χ3n) is 6.79. The van der Waals surface area contributed by atoms with Crippen molar-refractivity contribution < 1.29 is 19.1 Å². The Bertz CT molecular complexity index is 1470. The van der Waals surface area contributed by atoms with Gasteiger partial charge in [0.1, 0.15) is 18.1 Å². The summed E-state index contributed by atoms with van der Waals surface area (Å²) in [6, 6.07) is 29.8. The number of hydrogen-bond acceptors (Lipinski definition) is 5. The van der Waals surface area contributed by atoms with E-state index in [2.05, 4.69) is 10.2 Å². The highest BCUT2D eigenvalue weighted by molar-refractivity contribution is 6.31. The van der Waals surface area contributed by atoms with Gasteiger partial charge in [0, 0.05) is 48.1 Å². The minimum atomic E-state index is -0.207. The van der Waals surface area contributed by atoms with Crippen LogP contribution in [-0.2, 0) is 6.61 Å². The number of piperazine rings is 1. The van der Waals surface area contributed by atoms with E-state index < -0.39 is 0 Å². The number of hydrogen-bond donors (Lipinski definition) is 1. The normalized spacial score (nSPS) is 13.1. The van der Waals surface area contributed by atoms with E-state index in [9.17, 15) is 9.59 Å². The highest BCUT2D eigenvalue weighted by atomic mass is 35.5. The lowest BCUT2D eigenvalue weighted by Gasteiger charge is -2.36. The van der Waals surface area contributed by atoms with Gasteiger partial charge >= 0.3 is 0 Å². The van der Waals surface area contributed by atoms with Crippen LogP contribution in [0, 0.1) is 0 Å². The van der Waals surface area contributed by atoms with Crippen molar-refractivity contribution in [3.05, 3.63) is 119 Å². The molecule has 0 bridgehead atoms. The van der Waals surface area contributed by atoms with Crippen molar-refractivity contribution >= 4 is 34.8 Å². The summed E-state index contributed by atoms with van der Waals surface area (Å²) in [6.45, 7) is 2.97. The lowest BCUT2D eigenvalue weighted by Crippen LogP contribution is -2.48. The highest BCUT2D eigenvalue weighted by Crippen LogP contribution is 2.26. The lowest BCUT2D eigenvalue weighted by molar-refractivity contribution is 0.0743. The maximum atomic E-state index is 13.1. The molecule has 1 saturated heterocycles. The zero-order chi connectivity index (χ0) is 27.9. The second-order valence-electron chi connectivity index (χ2n) is 9.43. The monoisotopic (exact) mass is 555 g/mol. The fraction of sp³-hybridized carbons (Fsp3) is 0.188. The first-order valence-electron chi connectivity index (χ1n) is 13.1. The minimum absolute atomic E-state index is 0.0911. The number of methoxy groups -OCH3 is 1. The highest BCUT2D eigenvalue weighted by Gasteiger charge is 2.25. The Morgan fingerprint density at radius 2 is 1.60 bits per heavy atom. The second kappa shape index (κ2) is 12.6. The molecule has 7 nitrogen and oxygen atoms in total. The van der Waals surface area contributed by atoms with Crippen LogP contribution in [-0.4, -0.2) is 50.0 Å². The summed E-state index contributed by atoms with van der Waals surface area (Å²) in [5.74, 6) is 0.854. The largest absolute Gasteiger partial charge is 0.496 e. The molecule has 0 radical (unpaired) electrons. The number of nitrogens with one attached hydrogen (secondary N) is 1. The Balaban J connectivity index is 1.15. The van der Waals surface area contributed by atoms with E-state index in [4.69, 9.17) is 21.1 Å². The molecule has 1 fully saturated rings. The van der Waals surface area contributed by atoms with Gasteiger partial charge in [-0.25, -0.2) is 0 Å². The number of benzene rings is 4. The van der Waals surface area contributed by atoms with E-state index in [1.807, 2.05) is 71.6 Å². The number of ether oxygens (including phenoxy) is 2. The molecule has 4 aromatic carbocycles. The average Bonchev–Trinajstić information content (AvgIpc) is 3.01. The van der Waals surface area contributed by atoms with Crippen LogP contribution in [0.3, 0.4) is 0 Å². The summed E-state index contributed by atoms with van der Waals surface area (Å²) in [7, 11) is 1.54. The van der Waals surface area contributed by atoms with Crippen LogP contribution in [0.5, 0.6) is 11.5 Å². The molecule has 1 aliphatic rings. The molecule has 1 heterocycles. The van der Waals surface area contributed by atoms with E-state index >= 15 is 0 Å². The van der Waals surface area contributed by atoms with Gasteiger partial charge < -0.3 is 24.6 Å². The molecule has 8 heteroatoms. The standard InChI is InChI=1S/C32H30ClN3O4/c1-39-30-15-10-25(33)21-29(30)32(38)36-18-16-35(17-19-36)27-13-11-26(12-14-27)34-31(37)24-8-5-9-28(20-24)40-22-23-6-3-2-4-7-23/h2-15,20-21H,16-19,22H2,1H3,(H,34,37). The van der Waals surface area contributed by atoms with Gasteiger partial charge in [0.15, 0.2) is 0 Å². The molecule has 0 spiro atoms. The lowest BCUT2D eigenvalue weighted by atomic mass is 10.1. The molecule has 4 aromatic rings. The fourth-order valence-electron chi connectivity index (χ4n) is 4.61. The quantitative estimate of drug-likeness (QED) is 0.283. The Labute approximate surface area is 238 Å². The first-order chi connectivity index (χ1) is 19.5.